The summed E-state index contributed by atoms with van der Waals surface area (Å²) in [7, 11) is 0. The van der Waals surface area contributed by atoms with Crippen molar-refractivity contribution < 1.29 is 24.6 Å². The first-order chi connectivity index (χ1) is 13.6. The molecule has 1 aliphatic carbocycles. The molecular weight excluding hydrogens is 394 g/mol. The van der Waals surface area contributed by atoms with Gasteiger partial charge < -0.3 is 15.1 Å². The summed E-state index contributed by atoms with van der Waals surface area (Å²) >= 11 is 6.05. The van der Waals surface area contributed by atoms with Crippen molar-refractivity contribution in [1.82, 2.24) is 4.90 Å². The highest BCUT2D eigenvalue weighted by molar-refractivity contribution is 6.30. The van der Waals surface area contributed by atoms with Crippen LogP contribution in [0.1, 0.15) is 43.2 Å². The zero-order valence-corrected chi connectivity index (χ0v) is 17.2. The number of likely N-dealkylation sites (tertiary alicyclic amines) is 1. The van der Waals surface area contributed by atoms with Crippen LogP contribution >= 0.6 is 11.6 Å². The van der Waals surface area contributed by atoms with Crippen LogP contribution in [0.25, 0.3) is 0 Å². The Balaban J connectivity index is 1.86. The second-order valence-electron chi connectivity index (χ2n) is 8.02. The van der Waals surface area contributed by atoms with E-state index in [1.165, 1.54) is 19.1 Å². The first-order valence-electron chi connectivity index (χ1n) is 9.57. The van der Waals surface area contributed by atoms with Crippen LogP contribution in [0.15, 0.2) is 41.5 Å². The zero-order chi connectivity index (χ0) is 21.3. The van der Waals surface area contributed by atoms with Crippen LogP contribution in [0.2, 0.25) is 5.02 Å². The summed E-state index contributed by atoms with van der Waals surface area (Å²) in [5.74, 6) is -2.58. The summed E-state index contributed by atoms with van der Waals surface area (Å²) in [6.07, 6.45) is 4.30. The van der Waals surface area contributed by atoms with E-state index in [0.717, 1.165) is 24.0 Å². The van der Waals surface area contributed by atoms with Gasteiger partial charge in [0, 0.05) is 29.6 Å². The molecule has 1 heterocycles. The molecule has 0 aromatic heterocycles. The monoisotopic (exact) mass is 417 g/mol. The van der Waals surface area contributed by atoms with E-state index in [2.05, 4.69) is 0 Å². The molecule has 1 fully saturated rings. The topological polar surface area (TPSA) is 94.9 Å². The third-order valence-corrected chi connectivity index (χ3v) is 6.08. The number of carboxylic acid groups (broad SMARTS) is 2. The standard InChI is InChI=1S/C22H24ClNO5/c1-13-10-15(23)5-6-16(13)14-4-3-9-24(12-14)19(25)17-7-8-22(2,21(28)29)11-18(17)20(26)27/h5-8,10,14H,3-4,9,11-12H2,1-2H3,(H,26,27)(H,28,29). The summed E-state index contributed by atoms with van der Waals surface area (Å²) in [6.45, 7) is 4.48. The van der Waals surface area contributed by atoms with Gasteiger partial charge in [-0.1, -0.05) is 29.8 Å². The maximum absolute atomic E-state index is 13.1. The van der Waals surface area contributed by atoms with Gasteiger partial charge in [0.1, 0.15) is 0 Å². The molecule has 0 radical (unpaired) electrons. The maximum Gasteiger partial charge on any atom is 0.332 e. The lowest BCUT2D eigenvalue weighted by Crippen LogP contribution is -2.41. The van der Waals surface area contributed by atoms with Gasteiger partial charge in [0.2, 0.25) is 0 Å². The molecule has 154 valence electrons. The highest BCUT2D eigenvalue weighted by Gasteiger charge is 2.39. The van der Waals surface area contributed by atoms with E-state index < -0.39 is 17.4 Å². The number of halogens is 1. The summed E-state index contributed by atoms with van der Waals surface area (Å²) in [5, 5.41) is 19.7. The number of hydrogen-bond donors (Lipinski definition) is 2. The Hall–Kier alpha value is -2.60. The predicted octanol–water partition coefficient (Wildman–Crippen LogP) is 3.79. The molecule has 2 atom stereocenters. The number of carbonyl (C=O) groups is 3. The van der Waals surface area contributed by atoms with E-state index in [0.29, 0.717) is 18.1 Å². The molecule has 6 nitrogen and oxygen atoms in total. The molecule has 1 aliphatic heterocycles. The SMILES string of the molecule is Cc1cc(Cl)ccc1C1CCCN(C(=O)C2=C(C(=O)O)CC(C)(C(=O)O)C=C2)C1. The molecular formula is C22H24ClNO5. The predicted molar refractivity (Wildman–Crippen MR) is 109 cm³/mol. The lowest BCUT2D eigenvalue weighted by Gasteiger charge is -2.35. The zero-order valence-electron chi connectivity index (χ0n) is 16.4. The van der Waals surface area contributed by atoms with Gasteiger partial charge >= 0.3 is 11.9 Å². The van der Waals surface area contributed by atoms with Crippen molar-refractivity contribution in [3.63, 3.8) is 0 Å². The van der Waals surface area contributed by atoms with E-state index in [9.17, 15) is 24.6 Å². The van der Waals surface area contributed by atoms with Crippen molar-refractivity contribution in [1.29, 1.82) is 0 Å². The highest BCUT2D eigenvalue weighted by Crippen LogP contribution is 2.36. The van der Waals surface area contributed by atoms with Gasteiger partial charge in [-0.3, -0.25) is 9.59 Å². The Morgan fingerprint density at radius 2 is 1.97 bits per heavy atom. The lowest BCUT2D eigenvalue weighted by molar-refractivity contribution is -0.145. The van der Waals surface area contributed by atoms with Crippen molar-refractivity contribution in [2.75, 3.05) is 13.1 Å². The smallest absolute Gasteiger partial charge is 0.332 e. The van der Waals surface area contributed by atoms with Crippen molar-refractivity contribution >= 4 is 29.4 Å². The van der Waals surface area contributed by atoms with Crippen LogP contribution in [-0.2, 0) is 14.4 Å². The van der Waals surface area contributed by atoms with Gasteiger partial charge in [0.05, 0.1) is 11.0 Å². The Labute approximate surface area is 174 Å². The molecule has 0 bridgehead atoms. The molecule has 2 aliphatic rings. The number of aryl methyl sites for hydroxylation is 1. The van der Waals surface area contributed by atoms with E-state index in [4.69, 9.17) is 11.6 Å². The minimum atomic E-state index is -1.33. The molecule has 3 rings (SSSR count). The Kier molecular flexibility index (Phi) is 5.85. The van der Waals surface area contributed by atoms with E-state index in [-0.39, 0.29) is 29.4 Å². The Bertz CT molecular complexity index is 935. The maximum atomic E-state index is 13.1. The van der Waals surface area contributed by atoms with Crippen LogP contribution in [-0.4, -0.2) is 46.0 Å². The van der Waals surface area contributed by atoms with Crippen molar-refractivity contribution in [2.45, 2.75) is 39.0 Å². The van der Waals surface area contributed by atoms with Crippen molar-refractivity contribution in [3.05, 3.63) is 57.6 Å². The van der Waals surface area contributed by atoms with Crippen LogP contribution in [0.4, 0.5) is 0 Å². The minimum Gasteiger partial charge on any atom is -0.481 e. The van der Waals surface area contributed by atoms with Gasteiger partial charge in [-0.05, 0) is 56.4 Å². The second-order valence-corrected chi connectivity index (χ2v) is 8.46. The molecule has 29 heavy (non-hydrogen) atoms. The summed E-state index contributed by atoms with van der Waals surface area (Å²) in [4.78, 5) is 38.1. The third kappa shape index (κ3) is 4.22. The molecule has 1 aromatic rings. The number of benzene rings is 1. The molecule has 2 N–H and O–H groups in total. The van der Waals surface area contributed by atoms with Crippen molar-refractivity contribution in [2.24, 2.45) is 5.41 Å². The average Bonchev–Trinajstić information content (AvgIpc) is 2.67. The van der Waals surface area contributed by atoms with E-state index in [1.807, 2.05) is 25.1 Å². The van der Waals surface area contributed by atoms with Gasteiger partial charge in [-0.15, -0.1) is 0 Å². The lowest BCUT2D eigenvalue weighted by atomic mass is 9.77. The van der Waals surface area contributed by atoms with Crippen LogP contribution in [0, 0.1) is 12.3 Å². The third-order valence-electron chi connectivity index (χ3n) is 5.84. The van der Waals surface area contributed by atoms with Crippen molar-refractivity contribution in [3.8, 4) is 0 Å². The number of piperidine rings is 1. The minimum absolute atomic E-state index is 0.0738. The quantitative estimate of drug-likeness (QED) is 0.777. The fourth-order valence-electron chi connectivity index (χ4n) is 4.11. The number of hydrogen-bond acceptors (Lipinski definition) is 3. The number of amides is 1. The molecule has 7 heteroatoms. The van der Waals surface area contributed by atoms with Gasteiger partial charge in [-0.2, -0.15) is 0 Å². The second kappa shape index (κ2) is 8.03. The first-order valence-corrected chi connectivity index (χ1v) is 9.94. The molecule has 1 saturated heterocycles. The van der Waals surface area contributed by atoms with Crippen LogP contribution in [0.3, 0.4) is 0 Å². The normalized spacial score (nSPS) is 24.5. The summed E-state index contributed by atoms with van der Waals surface area (Å²) in [6, 6.07) is 5.72. The Morgan fingerprint density at radius 3 is 2.59 bits per heavy atom. The fraction of sp³-hybridized carbons (Fsp3) is 0.409. The fourth-order valence-corrected chi connectivity index (χ4v) is 4.34. The number of aliphatic carboxylic acids is 2. The molecule has 1 amide bonds. The van der Waals surface area contributed by atoms with E-state index in [1.54, 1.807) is 4.90 Å². The summed E-state index contributed by atoms with van der Waals surface area (Å²) in [5.41, 5.74) is 0.799. The number of carbonyl (C=O) groups excluding carboxylic acids is 1. The first kappa shape index (κ1) is 21.1. The number of rotatable bonds is 4. The highest BCUT2D eigenvalue weighted by atomic mass is 35.5. The number of carboxylic acids is 2. The molecule has 0 saturated carbocycles. The van der Waals surface area contributed by atoms with Gasteiger partial charge in [0.15, 0.2) is 0 Å². The number of nitrogens with zero attached hydrogens (tertiary/aromatic N) is 1. The largest absolute Gasteiger partial charge is 0.481 e. The van der Waals surface area contributed by atoms with Gasteiger partial charge in [0.25, 0.3) is 5.91 Å². The molecule has 1 aromatic carbocycles. The van der Waals surface area contributed by atoms with Gasteiger partial charge in [-0.25, -0.2) is 4.79 Å². The van der Waals surface area contributed by atoms with E-state index >= 15 is 0 Å². The molecule has 0 spiro atoms. The Morgan fingerprint density at radius 1 is 1.24 bits per heavy atom. The van der Waals surface area contributed by atoms with Crippen LogP contribution < -0.4 is 0 Å². The summed E-state index contributed by atoms with van der Waals surface area (Å²) < 4.78 is 0. The van der Waals surface area contributed by atoms with Crippen LogP contribution in [0.5, 0.6) is 0 Å². The average molecular weight is 418 g/mol. The molecule has 2 unspecified atom stereocenters.